The molecule has 1 aromatic heterocycles. The molecule has 0 aromatic carbocycles. The number of hydrogen-bond donors (Lipinski definition) is 3. The largest absolute Gasteiger partial charge is 0.408 e. The van der Waals surface area contributed by atoms with Crippen molar-refractivity contribution in [3.8, 4) is 0 Å². The average molecular weight is 240 g/mol. The molecule has 15 heavy (non-hydrogen) atoms. The van der Waals surface area contributed by atoms with Crippen molar-refractivity contribution in [2.24, 2.45) is 11.5 Å². The highest BCUT2D eigenvalue weighted by Crippen LogP contribution is 2.35. The number of aliphatic hydroxyl groups is 1. The third-order valence-electron chi connectivity index (χ3n) is 1.87. The van der Waals surface area contributed by atoms with E-state index in [1.165, 1.54) is 12.1 Å². The van der Waals surface area contributed by atoms with Crippen LogP contribution in [0.2, 0.25) is 0 Å². The predicted octanol–water partition coefficient (Wildman–Crippen LogP) is 1.30. The molecule has 0 fully saturated rings. The van der Waals surface area contributed by atoms with Gasteiger partial charge in [0.15, 0.2) is 0 Å². The van der Waals surface area contributed by atoms with Crippen molar-refractivity contribution in [2.45, 2.75) is 18.3 Å². The fourth-order valence-electron chi connectivity index (χ4n) is 0.986. The summed E-state index contributed by atoms with van der Waals surface area (Å²) in [6, 6.07) is 0.103. The number of nitrogens with two attached hydrogens (primary N) is 2. The van der Waals surface area contributed by atoms with Gasteiger partial charge in [-0.1, -0.05) is 0 Å². The zero-order chi connectivity index (χ0) is 11.6. The summed E-state index contributed by atoms with van der Waals surface area (Å²) in [6.45, 7) is -0.304. The van der Waals surface area contributed by atoms with E-state index < -0.39 is 18.3 Å². The first-order chi connectivity index (χ1) is 6.86. The Morgan fingerprint density at radius 3 is 2.27 bits per heavy atom. The SMILES string of the molecule is N[C@H](CO)c1ccc([C@@H](N)C(F)(F)F)s1. The van der Waals surface area contributed by atoms with Crippen LogP contribution in [-0.4, -0.2) is 17.9 Å². The van der Waals surface area contributed by atoms with E-state index >= 15 is 0 Å². The number of aliphatic hydroxyl groups excluding tert-OH is 1. The van der Waals surface area contributed by atoms with Crippen molar-refractivity contribution in [2.75, 3.05) is 6.61 Å². The first-order valence-corrected chi connectivity index (χ1v) is 4.96. The molecule has 1 rings (SSSR count). The summed E-state index contributed by atoms with van der Waals surface area (Å²) in [5.41, 5.74) is 10.5. The Bertz CT molecular complexity index is 326. The summed E-state index contributed by atoms with van der Waals surface area (Å²) in [4.78, 5) is 0.494. The average Bonchev–Trinajstić information content (AvgIpc) is 2.62. The maximum atomic E-state index is 12.2. The second-order valence-corrected chi connectivity index (χ2v) is 4.20. The smallest absolute Gasteiger partial charge is 0.394 e. The van der Waals surface area contributed by atoms with Crippen molar-refractivity contribution in [3.63, 3.8) is 0 Å². The second kappa shape index (κ2) is 4.48. The molecule has 2 atom stereocenters. The summed E-state index contributed by atoms with van der Waals surface area (Å²) in [7, 11) is 0. The van der Waals surface area contributed by atoms with Crippen molar-refractivity contribution in [1.82, 2.24) is 0 Å². The highest BCUT2D eigenvalue weighted by atomic mass is 32.1. The summed E-state index contributed by atoms with van der Waals surface area (Å²) in [6.07, 6.45) is -4.45. The summed E-state index contributed by atoms with van der Waals surface area (Å²) in [5, 5.41) is 8.72. The number of alkyl halides is 3. The fraction of sp³-hybridized carbons (Fsp3) is 0.500. The van der Waals surface area contributed by atoms with Gasteiger partial charge in [0.2, 0.25) is 0 Å². The first kappa shape index (κ1) is 12.4. The Kier molecular flexibility index (Phi) is 3.72. The van der Waals surface area contributed by atoms with E-state index in [2.05, 4.69) is 0 Å². The topological polar surface area (TPSA) is 72.3 Å². The van der Waals surface area contributed by atoms with Crippen LogP contribution in [0.1, 0.15) is 21.8 Å². The molecular weight excluding hydrogens is 229 g/mol. The lowest BCUT2D eigenvalue weighted by Crippen LogP contribution is -2.27. The van der Waals surface area contributed by atoms with Crippen molar-refractivity contribution in [3.05, 3.63) is 21.9 Å². The van der Waals surface area contributed by atoms with E-state index in [0.29, 0.717) is 4.88 Å². The third kappa shape index (κ3) is 2.91. The highest BCUT2D eigenvalue weighted by molar-refractivity contribution is 7.12. The van der Waals surface area contributed by atoms with Gasteiger partial charge in [0.1, 0.15) is 6.04 Å². The quantitative estimate of drug-likeness (QED) is 0.745. The van der Waals surface area contributed by atoms with E-state index in [1.807, 2.05) is 0 Å². The minimum absolute atomic E-state index is 0.00130. The van der Waals surface area contributed by atoms with Crippen LogP contribution in [0.4, 0.5) is 13.2 Å². The van der Waals surface area contributed by atoms with Crippen molar-refractivity contribution >= 4 is 11.3 Å². The summed E-state index contributed by atoms with van der Waals surface area (Å²) in [5.74, 6) is 0. The van der Waals surface area contributed by atoms with Crippen LogP contribution >= 0.6 is 11.3 Å². The standard InChI is InChI=1S/C8H11F3N2OS/c9-8(10,11)7(13)6-2-1-5(15-6)4(12)3-14/h1-2,4,7,14H,3,12-13H2/t4-,7-/m1/s1. The predicted molar refractivity (Wildman–Crippen MR) is 51.3 cm³/mol. The first-order valence-electron chi connectivity index (χ1n) is 4.14. The Hall–Kier alpha value is -0.630. The van der Waals surface area contributed by atoms with Gasteiger partial charge in [0, 0.05) is 9.75 Å². The molecule has 5 N–H and O–H groups in total. The van der Waals surface area contributed by atoms with Crippen LogP contribution in [0.3, 0.4) is 0 Å². The maximum absolute atomic E-state index is 12.2. The van der Waals surface area contributed by atoms with Gasteiger partial charge in [-0.15, -0.1) is 11.3 Å². The lowest BCUT2D eigenvalue weighted by atomic mass is 10.2. The van der Waals surface area contributed by atoms with E-state index in [4.69, 9.17) is 16.6 Å². The van der Waals surface area contributed by atoms with E-state index in [1.54, 1.807) is 0 Å². The van der Waals surface area contributed by atoms with Crippen LogP contribution in [0.5, 0.6) is 0 Å². The normalized spacial score (nSPS) is 16.4. The van der Waals surface area contributed by atoms with Gasteiger partial charge < -0.3 is 16.6 Å². The molecule has 3 nitrogen and oxygen atoms in total. The van der Waals surface area contributed by atoms with Crippen molar-refractivity contribution in [1.29, 1.82) is 0 Å². The zero-order valence-electron chi connectivity index (χ0n) is 7.66. The van der Waals surface area contributed by atoms with Crippen LogP contribution in [0.15, 0.2) is 12.1 Å². The van der Waals surface area contributed by atoms with Gasteiger partial charge in [-0.25, -0.2) is 0 Å². The van der Waals surface area contributed by atoms with E-state index in [-0.39, 0.29) is 11.5 Å². The molecule has 0 aliphatic carbocycles. The Morgan fingerprint density at radius 2 is 1.80 bits per heavy atom. The molecule has 0 saturated heterocycles. The van der Waals surface area contributed by atoms with Crippen LogP contribution in [0.25, 0.3) is 0 Å². The molecule has 0 saturated carbocycles. The van der Waals surface area contributed by atoms with Crippen LogP contribution < -0.4 is 11.5 Å². The van der Waals surface area contributed by atoms with E-state index in [9.17, 15) is 13.2 Å². The second-order valence-electron chi connectivity index (χ2n) is 3.05. The van der Waals surface area contributed by atoms with Crippen molar-refractivity contribution < 1.29 is 18.3 Å². The van der Waals surface area contributed by atoms with Gasteiger partial charge in [-0.3, -0.25) is 0 Å². The minimum atomic E-state index is -4.45. The molecule has 1 heterocycles. The number of thiophene rings is 1. The Morgan fingerprint density at radius 1 is 1.27 bits per heavy atom. The number of rotatable bonds is 3. The van der Waals surface area contributed by atoms with Crippen LogP contribution in [0, 0.1) is 0 Å². The minimum Gasteiger partial charge on any atom is -0.394 e. The van der Waals surface area contributed by atoms with Gasteiger partial charge >= 0.3 is 6.18 Å². The van der Waals surface area contributed by atoms with Gasteiger partial charge in [-0.05, 0) is 12.1 Å². The summed E-state index contributed by atoms with van der Waals surface area (Å²) >= 11 is 0.871. The molecule has 0 spiro atoms. The summed E-state index contributed by atoms with van der Waals surface area (Å²) < 4.78 is 36.7. The lowest BCUT2D eigenvalue weighted by Gasteiger charge is -2.13. The van der Waals surface area contributed by atoms with Gasteiger partial charge in [-0.2, -0.15) is 13.2 Å². The molecule has 1 aromatic rings. The zero-order valence-corrected chi connectivity index (χ0v) is 8.48. The third-order valence-corrected chi connectivity index (χ3v) is 3.17. The molecule has 0 aliphatic rings. The Labute approximate surface area is 88.5 Å². The molecule has 7 heteroatoms. The van der Waals surface area contributed by atoms with Crippen LogP contribution in [-0.2, 0) is 0 Å². The Balaban J connectivity index is 2.85. The monoisotopic (exact) mass is 240 g/mol. The number of halogens is 3. The maximum Gasteiger partial charge on any atom is 0.408 e. The van der Waals surface area contributed by atoms with E-state index in [0.717, 1.165) is 11.3 Å². The molecule has 0 bridgehead atoms. The molecule has 86 valence electrons. The molecule has 0 radical (unpaired) electrons. The molecule has 0 aliphatic heterocycles. The lowest BCUT2D eigenvalue weighted by molar-refractivity contribution is -0.148. The van der Waals surface area contributed by atoms with Gasteiger partial charge in [0.05, 0.1) is 12.6 Å². The molecular formula is C8H11F3N2OS. The number of hydrogen-bond acceptors (Lipinski definition) is 4. The van der Waals surface area contributed by atoms with Gasteiger partial charge in [0.25, 0.3) is 0 Å². The molecule has 0 amide bonds. The molecule has 0 unspecified atom stereocenters. The highest BCUT2D eigenvalue weighted by Gasteiger charge is 2.38. The fourth-order valence-corrected chi connectivity index (χ4v) is 2.02.